The van der Waals surface area contributed by atoms with Gasteiger partial charge >= 0.3 is 0 Å². The average Bonchev–Trinajstić information content (AvgIpc) is 2.45. The van der Waals surface area contributed by atoms with Gasteiger partial charge in [-0.1, -0.05) is 25.6 Å². The lowest BCUT2D eigenvalue weighted by molar-refractivity contribution is -0.129. The summed E-state index contributed by atoms with van der Waals surface area (Å²) in [7, 11) is 1.60. The van der Waals surface area contributed by atoms with Crippen molar-refractivity contribution in [3.8, 4) is 0 Å². The Labute approximate surface area is 131 Å². The number of ketones is 1. The molecule has 1 aromatic carbocycles. The largest absolute Gasteiger partial charge is 0.345 e. The number of rotatable bonds is 7. The highest BCUT2D eigenvalue weighted by molar-refractivity contribution is 5.96. The van der Waals surface area contributed by atoms with Crippen molar-refractivity contribution >= 4 is 23.3 Å². The van der Waals surface area contributed by atoms with Crippen LogP contribution < -0.4 is 16.0 Å². The van der Waals surface area contributed by atoms with Gasteiger partial charge in [-0.05, 0) is 33.0 Å². The third kappa shape index (κ3) is 6.49. The van der Waals surface area contributed by atoms with Crippen LogP contribution >= 0.6 is 0 Å². The molecule has 0 aliphatic rings. The molecule has 122 valence electrons. The van der Waals surface area contributed by atoms with E-state index >= 15 is 0 Å². The van der Waals surface area contributed by atoms with Gasteiger partial charge in [0.05, 0.1) is 18.5 Å². The van der Waals surface area contributed by atoms with Gasteiger partial charge in [0, 0.05) is 5.69 Å². The Morgan fingerprint density at radius 2 is 1.73 bits per heavy atom. The van der Waals surface area contributed by atoms with Crippen LogP contribution in [0.15, 0.2) is 30.3 Å². The predicted octanol–water partition coefficient (Wildman–Crippen LogP) is 1.33. The van der Waals surface area contributed by atoms with Crippen molar-refractivity contribution in [2.75, 3.05) is 12.4 Å². The van der Waals surface area contributed by atoms with Crippen LogP contribution in [0.4, 0.5) is 5.69 Å². The van der Waals surface area contributed by atoms with E-state index in [0.717, 1.165) is 0 Å². The molecule has 2 atom stereocenters. The molecule has 0 aliphatic heterocycles. The number of hydrogen-bond donors (Lipinski definition) is 3. The first-order valence-electron chi connectivity index (χ1n) is 6.77. The molecule has 0 unspecified atom stereocenters. The maximum Gasteiger partial charge on any atom is 0.238 e. The van der Waals surface area contributed by atoms with E-state index in [2.05, 4.69) is 16.0 Å². The molecule has 0 heterocycles. The highest BCUT2D eigenvalue weighted by atomic mass is 16.2. The average molecular weight is 307 g/mol. The van der Waals surface area contributed by atoms with Gasteiger partial charge in [-0.2, -0.15) is 0 Å². The molecule has 0 saturated carbocycles. The number of hydrogen-bond acceptors (Lipinski definition) is 4. The van der Waals surface area contributed by atoms with Crippen molar-refractivity contribution in [1.29, 1.82) is 0 Å². The van der Waals surface area contributed by atoms with E-state index < -0.39 is 12.1 Å². The van der Waals surface area contributed by atoms with Crippen LogP contribution in [-0.4, -0.2) is 36.7 Å². The second kappa shape index (κ2) is 9.68. The molecule has 0 fully saturated rings. The third-order valence-corrected chi connectivity index (χ3v) is 3.08. The van der Waals surface area contributed by atoms with Gasteiger partial charge in [0.25, 0.3) is 0 Å². The zero-order valence-electron chi connectivity index (χ0n) is 12.5. The number of carbonyl (C=O) groups excluding carboxylic acids is 3. The molecule has 0 radical (unpaired) electrons. The number of carbonyl (C=O) groups is 3. The zero-order valence-corrected chi connectivity index (χ0v) is 12.5. The standard InChI is InChI=1S/C15H21N3O3.CH4/c1-10(11(2)19)17-15(21)13(16-3)9-14(20)18-12-7-5-4-6-8-12;/h4-8,10,13,16H,9H2,1-3H3,(H,17,21)(H,18,20);1H4/t10-,13-;/m0./s1. The first kappa shape index (κ1) is 19.8. The number of likely N-dealkylation sites (N-methyl/N-ethyl adjacent to an activating group) is 1. The number of para-hydroxylation sites is 1. The second-order valence-electron chi connectivity index (χ2n) is 4.80. The van der Waals surface area contributed by atoms with Crippen LogP contribution in [0.5, 0.6) is 0 Å². The minimum Gasteiger partial charge on any atom is -0.345 e. The van der Waals surface area contributed by atoms with Crippen LogP contribution in [0.3, 0.4) is 0 Å². The summed E-state index contributed by atoms with van der Waals surface area (Å²) in [6.07, 6.45) is -0.0121. The number of benzene rings is 1. The molecule has 2 amide bonds. The van der Waals surface area contributed by atoms with Crippen LogP contribution in [0.25, 0.3) is 0 Å². The van der Waals surface area contributed by atoms with E-state index in [9.17, 15) is 14.4 Å². The lowest BCUT2D eigenvalue weighted by Crippen LogP contribution is -2.49. The fraction of sp³-hybridized carbons (Fsp3) is 0.438. The molecule has 3 N–H and O–H groups in total. The Morgan fingerprint density at radius 3 is 2.23 bits per heavy atom. The van der Waals surface area contributed by atoms with Crippen molar-refractivity contribution in [3.63, 3.8) is 0 Å². The first-order chi connectivity index (χ1) is 9.93. The SMILES string of the molecule is C.CN[C@@H](CC(=O)Nc1ccccc1)C(=O)N[C@@H](C)C(C)=O. The van der Waals surface area contributed by atoms with Crippen LogP contribution in [-0.2, 0) is 14.4 Å². The van der Waals surface area contributed by atoms with Crippen molar-refractivity contribution in [1.82, 2.24) is 10.6 Å². The number of anilines is 1. The van der Waals surface area contributed by atoms with E-state index in [4.69, 9.17) is 0 Å². The van der Waals surface area contributed by atoms with Gasteiger partial charge in [0.15, 0.2) is 5.78 Å². The maximum atomic E-state index is 12.0. The first-order valence-corrected chi connectivity index (χ1v) is 6.77. The van der Waals surface area contributed by atoms with Crippen molar-refractivity contribution < 1.29 is 14.4 Å². The molecule has 1 rings (SSSR count). The second-order valence-corrected chi connectivity index (χ2v) is 4.80. The van der Waals surface area contributed by atoms with E-state index in [0.29, 0.717) is 5.69 Å². The number of amides is 2. The molecule has 1 aromatic rings. The van der Waals surface area contributed by atoms with Crippen molar-refractivity contribution in [2.24, 2.45) is 0 Å². The summed E-state index contributed by atoms with van der Waals surface area (Å²) >= 11 is 0. The summed E-state index contributed by atoms with van der Waals surface area (Å²) in [5.74, 6) is -0.776. The Balaban J connectivity index is 0.00000441. The highest BCUT2D eigenvalue weighted by Crippen LogP contribution is 2.06. The molecule has 6 nitrogen and oxygen atoms in total. The molecular weight excluding hydrogens is 282 g/mol. The molecular formula is C16H25N3O3. The van der Waals surface area contributed by atoms with Gasteiger partial charge < -0.3 is 16.0 Å². The topological polar surface area (TPSA) is 87.3 Å². The zero-order chi connectivity index (χ0) is 15.8. The molecule has 0 saturated heterocycles. The molecule has 0 bridgehead atoms. The number of Topliss-reactive ketones (excluding diaryl/α,β-unsaturated/α-hetero) is 1. The highest BCUT2D eigenvalue weighted by Gasteiger charge is 2.22. The van der Waals surface area contributed by atoms with E-state index in [-0.39, 0.29) is 31.4 Å². The number of nitrogens with one attached hydrogen (secondary N) is 3. The third-order valence-electron chi connectivity index (χ3n) is 3.08. The Bertz CT molecular complexity index is 503. The van der Waals surface area contributed by atoms with Crippen LogP contribution in [0.1, 0.15) is 27.7 Å². The fourth-order valence-corrected chi connectivity index (χ4v) is 1.66. The smallest absolute Gasteiger partial charge is 0.238 e. The van der Waals surface area contributed by atoms with E-state index in [1.165, 1.54) is 6.92 Å². The Kier molecular flexibility index (Phi) is 8.70. The summed E-state index contributed by atoms with van der Waals surface area (Å²) in [5.41, 5.74) is 0.676. The summed E-state index contributed by atoms with van der Waals surface area (Å²) < 4.78 is 0. The molecule has 22 heavy (non-hydrogen) atoms. The van der Waals surface area contributed by atoms with Crippen molar-refractivity contribution in [3.05, 3.63) is 30.3 Å². The summed E-state index contributed by atoms with van der Waals surface area (Å²) in [6, 6.07) is 7.76. The van der Waals surface area contributed by atoms with Crippen LogP contribution in [0, 0.1) is 0 Å². The lowest BCUT2D eigenvalue weighted by atomic mass is 10.1. The lowest BCUT2D eigenvalue weighted by Gasteiger charge is -2.18. The van der Waals surface area contributed by atoms with Gasteiger partial charge in [-0.3, -0.25) is 14.4 Å². The fourth-order valence-electron chi connectivity index (χ4n) is 1.66. The predicted molar refractivity (Wildman–Crippen MR) is 87.6 cm³/mol. The summed E-state index contributed by atoms with van der Waals surface area (Å²) in [4.78, 5) is 35.0. The molecule has 0 aromatic heterocycles. The molecule has 6 heteroatoms. The van der Waals surface area contributed by atoms with Gasteiger partial charge in [-0.25, -0.2) is 0 Å². The van der Waals surface area contributed by atoms with Crippen LogP contribution in [0.2, 0.25) is 0 Å². The van der Waals surface area contributed by atoms with Gasteiger partial charge in [-0.15, -0.1) is 0 Å². The Morgan fingerprint density at radius 1 is 1.14 bits per heavy atom. The van der Waals surface area contributed by atoms with Crippen molar-refractivity contribution in [2.45, 2.75) is 39.8 Å². The van der Waals surface area contributed by atoms with Gasteiger partial charge in [0.1, 0.15) is 0 Å². The quantitative estimate of drug-likeness (QED) is 0.709. The normalized spacial score (nSPS) is 12.5. The molecule has 0 aliphatic carbocycles. The van der Waals surface area contributed by atoms with E-state index in [1.54, 1.807) is 26.1 Å². The minimum atomic E-state index is -0.685. The summed E-state index contributed by atoms with van der Waals surface area (Å²) in [6.45, 7) is 3.01. The van der Waals surface area contributed by atoms with Gasteiger partial charge in [0.2, 0.25) is 11.8 Å². The maximum absolute atomic E-state index is 12.0. The summed E-state index contributed by atoms with van der Waals surface area (Å²) in [5, 5.41) is 8.06. The Hall–Kier alpha value is -2.21. The molecule has 0 spiro atoms. The minimum absolute atomic E-state index is 0. The van der Waals surface area contributed by atoms with E-state index in [1.807, 2.05) is 18.2 Å². The monoisotopic (exact) mass is 307 g/mol.